The Morgan fingerprint density at radius 3 is 1.72 bits per heavy atom. The molecule has 5 heteroatoms. The maximum absolute atomic E-state index is 12.8. The maximum atomic E-state index is 12.8. The van der Waals surface area contributed by atoms with E-state index in [0.717, 1.165) is 19.3 Å². The van der Waals surface area contributed by atoms with Crippen LogP contribution in [0.25, 0.3) is 0 Å². The molecule has 0 saturated heterocycles. The average Bonchev–Trinajstić information content (AvgIpc) is 2.40. The number of hydrogen-bond donors (Lipinski definition) is 0. The number of phosphoric acid groups is 1. The van der Waals surface area contributed by atoms with E-state index in [4.69, 9.17) is 13.6 Å². The summed E-state index contributed by atoms with van der Waals surface area (Å²) in [6, 6.07) is 0. The van der Waals surface area contributed by atoms with Crippen molar-refractivity contribution in [2.45, 2.75) is 111 Å². The van der Waals surface area contributed by atoms with Crippen molar-refractivity contribution >= 4 is 7.82 Å². The zero-order chi connectivity index (χ0) is 19.4. The standard InChI is InChI=1S/C20H41O4P/c1-8-9-10-11-12-13-14-15-16-17-18-22-25(21,23-19(2,3)4)24-20(5,6)7/h9-10H,8,11-18H2,1-7H3. The molecule has 0 saturated carbocycles. The lowest BCUT2D eigenvalue weighted by Gasteiger charge is -2.30. The average molecular weight is 377 g/mol. The molecule has 0 aromatic rings. The van der Waals surface area contributed by atoms with Gasteiger partial charge in [0.15, 0.2) is 0 Å². The highest BCUT2D eigenvalue weighted by atomic mass is 31.2. The molecule has 0 N–H and O–H groups in total. The van der Waals surface area contributed by atoms with Crippen LogP contribution < -0.4 is 0 Å². The van der Waals surface area contributed by atoms with Gasteiger partial charge in [0.25, 0.3) is 0 Å². The Kier molecular flexibility index (Phi) is 12.2. The Labute approximate surface area is 156 Å². The van der Waals surface area contributed by atoms with Crippen LogP contribution in [0.4, 0.5) is 0 Å². The number of unbranched alkanes of at least 4 members (excludes halogenated alkanes) is 6. The largest absolute Gasteiger partial charge is 0.475 e. The molecule has 0 rings (SSSR count). The van der Waals surface area contributed by atoms with E-state index in [1.807, 2.05) is 41.5 Å². The summed E-state index contributed by atoms with van der Waals surface area (Å²) < 4.78 is 29.6. The van der Waals surface area contributed by atoms with Gasteiger partial charge in [0.2, 0.25) is 0 Å². The predicted molar refractivity (Wildman–Crippen MR) is 107 cm³/mol. The molecular formula is C20H41O4P. The molecule has 0 bridgehead atoms. The van der Waals surface area contributed by atoms with Crippen molar-refractivity contribution < 1.29 is 18.1 Å². The molecule has 0 aromatic carbocycles. The minimum atomic E-state index is -3.55. The first-order valence-electron chi connectivity index (χ1n) is 9.78. The minimum absolute atomic E-state index is 0.405. The van der Waals surface area contributed by atoms with Gasteiger partial charge < -0.3 is 0 Å². The van der Waals surface area contributed by atoms with E-state index < -0.39 is 19.0 Å². The van der Waals surface area contributed by atoms with E-state index in [1.54, 1.807) is 0 Å². The lowest BCUT2D eigenvalue weighted by atomic mass is 10.1. The number of phosphoric ester groups is 1. The van der Waals surface area contributed by atoms with Crippen molar-refractivity contribution in [3.63, 3.8) is 0 Å². The second-order valence-electron chi connectivity index (χ2n) is 8.48. The highest BCUT2D eigenvalue weighted by molar-refractivity contribution is 7.48. The van der Waals surface area contributed by atoms with Gasteiger partial charge >= 0.3 is 7.82 Å². The molecule has 0 atom stereocenters. The van der Waals surface area contributed by atoms with Crippen LogP contribution in [0.3, 0.4) is 0 Å². The molecule has 0 aliphatic rings. The fourth-order valence-corrected chi connectivity index (χ4v) is 4.11. The van der Waals surface area contributed by atoms with Crippen molar-refractivity contribution in [2.75, 3.05) is 6.61 Å². The first-order valence-corrected chi connectivity index (χ1v) is 11.2. The molecular weight excluding hydrogens is 335 g/mol. The smallest absolute Gasteiger partial charge is 0.287 e. The van der Waals surface area contributed by atoms with Crippen LogP contribution in [0.15, 0.2) is 12.2 Å². The van der Waals surface area contributed by atoms with E-state index in [9.17, 15) is 4.57 Å². The zero-order valence-corrected chi connectivity index (χ0v) is 18.5. The number of hydrogen-bond acceptors (Lipinski definition) is 4. The van der Waals surface area contributed by atoms with Gasteiger partial charge in [-0.25, -0.2) is 4.57 Å². The molecule has 0 amide bonds. The highest BCUT2D eigenvalue weighted by Gasteiger charge is 2.36. The topological polar surface area (TPSA) is 44.8 Å². The van der Waals surface area contributed by atoms with E-state index >= 15 is 0 Å². The van der Waals surface area contributed by atoms with Crippen LogP contribution in [-0.2, 0) is 18.1 Å². The summed E-state index contributed by atoms with van der Waals surface area (Å²) in [5.74, 6) is 0. The summed E-state index contributed by atoms with van der Waals surface area (Å²) in [4.78, 5) is 0. The fraction of sp³-hybridized carbons (Fsp3) is 0.900. The molecule has 0 unspecified atom stereocenters. The predicted octanol–water partition coefficient (Wildman–Crippen LogP) is 7.44. The van der Waals surface area contributed by atoms with Crippen LogP contribution in [0.1, 0.15) is 99.8 Å². The lowest BCUT2D eigenvalue weighted by Crippen LogP contribution is -2.24. The quantitative estimate of drug-likeness (QED) is 0.190. The Morgan fingerprint density at radius 2 is 1.24 bits per heavy atom. The Bertz CT molecular complexity index is 385. The Balaban J connectivity index is 3.99. The highest BCUT2D eigenvalue weighted by Crippen LogP contribution is 2.55. The monoisotopic (exact) mass is 376 g/mol. The van der Waals surface area contributed by atoms with E-state index in [-0.39, 0.29) is 0 Å². The van der Waals surface area contributed by atoms with Gasteiger partial charge in [-0.1, -0.05) is 44.8 Å². The molecule has 0 aromatic heterocycles. The van der Waals surface area contributed by atoms with Gasteiger partial charge in [-0.2, -0.15) is 0 Å². The number of allylic oxidation sites excluding steroid dienone is 2. The SMILES string of the molecule is CCC=CCCCCCCCCOP(=O)(OC(C)(C)C)OC(C)(C)C. The minimum Gasteiger partial charge on any atom is -0.287 e. The fourth-order valence-electron chi connectivity index (χ4n) is 2.27. The molecule has 0 spiro atoms. The van der Waals surface area contributed by atoms with Gasteiger partial charge in [0, 0.05) is 0 Å². The first-order chi connectivity index (χ1) is 11.5. The third kappa shape index (κ3) is 17.0. The van der Waals surface area contributed by atoms with Gasteiger partial charge in [-0.05, 0) is 67.2 Å². The summed E-state index contributed by atoms with van der Waals surface area (Å²) in [5.41, 5.74) is -1.15. The van der Waals surface area contributed by atoms with Gasteiger partial charge in [0.1, 0.15) is 0 Å². The molecule has 0 aliphatic heterocycles. The third-order valence-electron chi connectivity index (χ3n) is 3.19. The summed E-state index contributed by atoms with van der Waals surface area (Å²) in [6.07, 6.45) is 13.7. The van der Waals surface area contributed by atoms with Gasteiger partial charge in [-0.15, -0.1) is 0 Å². The number of rotatable bonds is 13. The van der Waals surface area contributed by atoms with E-state index in [0.29, 0.717) is 6.61 Å². The molecule has 4 nitrogen and oxygen atoms in total. The second-order valence-corrected chi connectivity index (χ2v) is 10.00. The van der Waals surface area contributed by atoms with Crippen LogP contribution in [0.5, 0.6) is 0 Å². The molecule has 0 radical (unpaired) electrons. The second kappa shape index (κ2) is 12.3. The molecule has 0 fully saturated rings. The third-order valence-corrected chi connectivity index (χ3v) is 5.23. The lowest BCUT2D eigenvalue weighted by molar-refractivity contribution is 0.00298. The molecule has 25 heavy (non-hydrogen) atoms. The summed E-state index contributed by atoms with van der Waals surface area (Å²) in [6.45, 7) is 13.7. The Morgan fingerprint density at radius 1 is 0.760 bits per heavy atom. The zero-order valence-electron chi connectivity index (χ0n) is 17.6. The van der Waals surface area contributed by atoms with Crippen LogP contribution in [-0.4, -0.2) is 17.8 Å². The van der Waals surface area contributed by atoms with E-state index in [2.05, 4.69) is 19.1 Å². The summed E-state index contributed by atoms with van der Waals surface area (Å²) in [7, 11) is -3.55. The summed E-state index contributed by atoms with van der Waals surface area (Å²) >= 11 is 0. The molecule has 0 aliphatic carbocycles. The molecule has 0 heterocycles. The van der Waals surface area contributed by atoms with Crippen molar-refractivity contribution in [1.29, 1.82) is 0 Å². The Hall–Kier alpha value is -0.150. The van der Waals surface area contributed by atoms with Gasteiger partial charge in [-0.3, -0.25) is 13.6 Å². The van der Waals surface area contributed by atoms with Crippen molar-refractivity contribution in [2.24, 2.45) is 0 Å². The van der Waals surface area contributed by atoms with Crippen molar-refractivity contribution in [3.05, 3.63) is 12.2 Å². The summed E-state index contributed by atoms with van der Waals surface area (Å²) in [5, 5.41) is 0. The molecule has 150 valence electrons. The van der Waals surface area contributed by atoms with Crippen LogP contribution in [0, 0.1) is 0 Å². The van der Waals surface area contributed by atoms with E-state index in [1.165, 1.54) is 32.1 Å². The van der Waals surface area contributed by atoms with Crippen LogP contribution in [0.2, 0.25) is 0 Å². The normalized spacial score (nSPS) is 13.7. The van der Waals surface area contributed by atoms with Crippen molar-refractivity contribution in [1.82, 2.24) is 0 Å². The maximum Gasteiger partial charge on any atom is 0.475 e. The van der Waals surface area contributed by atoms with Gasteiger partial charge in [0.05, 0.1) is 17.8 Å². The first kappa shape index (κ1) is 24.8. The van der Waals surface area contributed by atoms with Crippen molar-refractivity contribution in [3.8, 4) is 0 Å². The van der Waals surface area contributed by atoms with Crippen LogP contribution >= 0.6 is 7.82 Å².